The molecule has 2 aromatic carbocycles. The highest BCUT2D eigenvalue weighted by atomic mass is 16.5. The molecule has 1 aliphatic carbocycles. The second-order valence-electron chi connectivity index (χ2n) is 7.08. The minimum absolute atomic E-state index is 0.599. The number of aryl methyl sites for hydroxylation is 1. The van der Waals surface area contributed by atoms with Gasteiger partial charge in [0.2, 0.25) is 0 Å². The number of quaternary nitrogens is 1. The zero-order valence-corrected chi connectivity index (χ0v) is 14.9. The molecule has 1 fully saturated rings. The van der Waals surface area contributed by atoms with E-state index in [2.05, 4.69) is 56.3 Å². The molecule has 24 heavy (non-hydrogen) atoms. The number of hydrogen-bond donors (Lipinski definition) is 1. The molecule has 0 aromatic heterocycles. The summed E-state index contributed by atoms with van der Waals surface area (Å²) in [6.45, 7) is 8.22. The van der Waals surface area contributed by atoms with E-state index in [1.807, 2.05) is 0 Å². The number of fused-ring (bicyclic) bond motifs is 3. The molecule has 0 amide bonds. The van der Waals surface area contributed by atoms with E-state index < -0.39 is 0 Å². The van der Waals surface area contributed by atoms with Crippen molar-refractivity contribution in [3.63, 3.8) is 0 Å². The first-order valence-electron chi connectivity index (χ1n) is 9.03. The van der Waals surface area contributed by atoms with Crippen molar-refractivity contribution in [2.24, 2.45) is 0 Å². The van der Waals surface area contributed by atoms with Crippen molar-refractivity contribution < 1.29 is 9.64 Å². The number of nitrogens with one attached hydrogen (secondary N) is 1. The van der Waals surface area contributed by atoms with Crippen LogP contribution in [0.2, 0.25) is 0 Å². The summed E-state index contributed by atoms with van der Waals surface area (Å²) in [5.41, 5.74) is 8.80. The van der Waals surface area contributed by atoms with E-state index in [1.165, 1.54) is 53.9 Å². The van der Waals surface area contributed by atoms with Crippen molar-refractivity contribution in [3.8, 4) is 5.75 Å². The van der Waals surface area contributed by atoms with Gasteiger partial charge in [0.1, 0.15) is 5.75 Å². The van der Waals surface area contributed by atoms with Crippen molar-refractivity contribution in [3.05, 3.63) is 70.3 Å². The molecular weight excluding hydrogens is 294 g/mol. The summed E-state index contributed by atoms with van der Waals surface area (Å²) in [4.78, 5) is 1.73. The molecule has 2 heteroatoms. The van der Waals surface area contributed by atoms with Crippen molar-refractivity contribution >= 4 is 5.57 Å². The third-order valence-corrected chi connectivity index (χ3v) is 5.71. The van der Waals surface area contributed by atoms with Gasteiger partial charge in [-0.15, -0.1) is 0 Å². The number of likely N-dealkylation sites (N-methyl/N-ethyl adjacent to an activating group) is 1. The van der Waals surface area contributed by atoms with E-state index in [1.54, 1.807) is 17.6 Å². The van der Waals surface area contributed by atoms with E-state index >= 15 is 0 Å². The number of benzene rings is 2. The Balaban J connectivity index is 1.85. The Morgan fingerprint density at radius 3 is 2.62 bits per heavy atom. The van der Waals surface area contributed by atoms with Gasteiger partial charge in [-0.25, -0.2) is 0 Å². The summed E-state index contributed by atoms with van der Waals surface area (Å²) in [7, 11) is 1.73. The standard InChI is InChI=1S/C22H25NO/c1-4-23-12-11-19-21(14-23)18-10-5-15(2)13-20(18)22(19)16-6-8-17(24-3)9-7-16/h5-10,13,21H,4,11-12,14H2,1-3H3/p+1/t21-/m1/s1. The largest absolute Gasteiger partial charge is 0.497 e. The lowest BCUT2D eigenvalue weighted by molar-refractivity contribution is -0.902. The number of methoxy groups -OCH3 is 1. The SMILES string of the molecule is CC[NH+]1CCC2=C(c3ccc(OC)cc3)c3cc(C)ccc3[C@H]2C1. The molecule has 2 aromatic rings. The Kier molecular flexibility index (Phi) is 3.93. The Morgan fingerprint density at radius 1 is 1.12 bits per heavy atom. The van der Waals surface area contributed by atoms with Crippen molar-refractivity contribution in [2.75, 3.05) is 26.7 Å². The second-order valence-corrected chi connectivity index (χ2v) is 7.08. The lowest BCUT2D eigenvalue weighted by Gasteiger charge is -2.29. The maximum absolute atomic E-state index is 5.34. The number of likely N-dealkylation sites (tertiary alicyclic amines) is 1. The molecule has 1 saturated heterocycles. The van der Waals surface area contributed by atoms with Crippen LogP contribution < -0.4 is 9.64 Å². The third-order valence-electron chi connectivity index (χ3n) is 5.71. The fraction of sp³-hybridized carbons (Fsp3) is 0.364. The summed E-state index contributed by atoms with van der Waals surface area (Å²) in [5, 5.41) is 0. The van der Waals surface area contributed by atoms with E-state index in [-0.39, 0.29) is 0 Å². The van der Waals surface area contributed by atoms with E-state index in [4.69, 9.17) is 4.74 Å². The summed E-state index contributed by atoms with van der Waals surface area (Å²) in [6.07, 6.45) is 1.21. The lowest BCUT2D eigenvalue weighted by atomic mass is 9.89. The van der Waals surface area contributed by atoms with Crippen LogP contribution in [0.4, 0.5) is 0 Å². The second kappa shape index (κ2) is 6.10. The molecular formula is C22H26NO+. The van der Waals surface area contributed by atoms with Crippen LogP contribution >= 0.6 is 0 Å². The fourth-order valence-corrected chi connectivity index (χ4v) is 4.38. The predicted molar refractivity (Wildman–Crippen MR) is 98.8 cm³/mol. The molecule has 2 aliphatic rings. The summed E-state index contributed by atoms with van der Waals surface area (Å²) >= 11 is 0. The van der Waals surface area contributed by atoms with Crippen LogP contribution in [-0.4, -0.2) is 26.7 Å². The molecule has 0 spiro atoms. The summed E-state index contributed by atoms with van der Waals surface area (Å²) in [5.74, 6) is 1.52. The van der Waals surface area contributed by atoms with Gasteiger partial charge < -0.3 is 9.64 Å². The zero-order chi connectivity index (χ0) is 16.7. The highest BCUT2D eigenvalue weighted by Crippen LogP contribution is 2.47. The molecule has 1 heterocycles. The highest BCUT2D eigenvalue weighted by Gasteiger charge is 2.37. The van der Waals surface area contributed by atoms with Crippen molar-refractivity contribution in [1.29, 1.82) is 0 Å². The first kappa shape index (κ1) is 15.5. The molecule has 1 unspecified atom stereocenters. The summed E-state index contributed by atoms with van der Waals surface area (Å²) < 4.78 is 5.34. The van der Waals surface area contributed by atoms with Gasteiger partial charge in [-0.05, 0) is 53.8 Å². The quantitative estimate of drug-likeness (QED) is 0.917. The highest BCUT2D eigenvalue weighted by molar-refractivity contribution is 5.89. The zero-order valence-electron chi connectivity index (χ0n) is 14.9. The van der Waals surface area contributed by atoms with Crippen LogP contribution in [-0.2, 0) is 0 Å². The molecule has 2 atom stereocenters. The lowest BCUT2D eigenvalue weighted by Crippen LogP contribution is -3.13. The van der Waals surface area contributed by atoms with Gasteiger partial charge in [-0.2, -0.15) is 0 Å². The molecule has 124 valence electrons. The van der Waals surface area contributed by atoms with Crippen molar-refractivity contribution in [1.82, 2.24) is 0 Å². The van der Waals surface area contributed by atoms with E-state index in [0.717, 1.165) is 5.75 Å². The maximum Gasteiger partial charge on any atom is 0.118 e. The van der Waals surface area contributed by atoms with Crippen LogP contribution in [0.1, 0.15) is 41.5 Å². The van der Waals surface area contributed by atoms with Crippen LogP contribution in [0.15, 0.2) is 48.0 Å². The van der Waals surface area contributed by atoms with Gasteiger partial charge >= 0.3 is 0 Å². The Morgan fingerprint density at radius 2 is 1.92 bits per heavy atom. The Hall–Kier alpha value is -2.06. The minimum Gasteiger partial charge on any atom is -0.497 e. The number of hydrogen-bond acceptors (Lipinski definition) is 1. The smallest absolute Gasteiger partial charge is 0.118 e. The molecule has 0 bridgehead atoms. The molecule has 1 N–H and O–H groups in total. The summed E-state index contributed by atoms with van der Waals surface area (Å²) in [6, 6.07) is 15.6. The Bertz CT molecular complexity index is 788. The van der Waals surface area contributed by atoms with Crippen LogP contribution in [0.3, 0.4) is 0 Å². The minimum atomic E-state index is 0.599. The number of piperidine rings is 1. The molecule has 2 nitrogen and oxygen atoms in total. The Labute approximate surface area is 144 Å². The normalized spacial score (nSPS) is 22.3. The van der Waals surface area contributed by atoms with Crippen LogP contribution in [0.5, 0.6) is 5.75 Å². The van der Waals surface area contributed by atoms with Gasteiger partial charge in [0, 0.05) is 6.42 Å². The average molecular weight is 320 g/mol. The van der Waals surface area contributed by atoms with Gasteiger partial charge in [0.05, 0.1) is 32.7 Å². The fourth-order valence-electron chi connectivity index (χ4n) is 4.38. The van der Waals surface area contributed by atoms with E-state index in [0.29, 0.717) is 5.92 Å². The molecule has 1 aliphatic heterocycles. The van der Waals surface area contributed by atoms with Crippen LogP contribution in [0.25, 0.3) is 5.57 Å². The molecule has 0 saturated carbocycles. The van der Waals surface area contributed by atoms with Gasteiger partial charge in [-0.1, -0.05) is 35.9 Å². The van der Waals surface area contributed by atoms with Crippen LogP contribution in [0, 0.1) is 6.92 Å². The predicted octanol–water partition coefficient (Wildman–Crippen LogP) is 3.21. The van der Waals surface area contributed by atoms with E-state index in [9.17, 15) is 0 Å². The number of rotatable bonds is 3. The third kappa shape index (κ3) is 2.46. The van der Waals surface area contributed by atoms with Gasteiger partial charge in [-0.3, -0.25) is 0 Å². The monoisotopic (exact) mass is 320 g/mol. The molecule has 0 radical (unpaired) electrons. The van der Waals surface area contributed by atoms with Gasteiger partial charge in [0.25, 0.3) is 0 Å². The first-order valence-corrected chi connectivity index (χ1v) is 9.03. The average Bonchev–Trinajstić information content (AvgIpc) is 2.94. The maximum atomic E-state index is 5.34. The topological polar surface area (TPSA) is 13.7 Å². The van der Waals surface area contributed by atoms with Gasteiger partial charge in [0.15, 0.2) is 0 Å². The molecule has 4 rings (SSSR count). The number of ether oxygens (including phenoxy) is 1. The first-order chi connectivity index (χ1) is 11.7. The van der Waals surface area contributed by atoms with Crippen molar-refractivity contribution in [2.45, 2.75) is 26.2 Å².